The zero-order chi connectivity index (χ0) is 29.4. The van der Waals surface area contributed by atoms with Crippen LogP contribution < -0.4 is 5.32 Å². The molecule has 39 heavy (non-hydrogen) atoms. The Balaban J connectivity index is 4.21. The topological polar surface area (TPSA) is 105 Å². The Hall–Kier alpha value is -0.500. The molecule has 0 bridgehead atoms. The molecule has 234 valence electrons. The van der Waals surface area contributed by atoms with Crippen LogP contribution in [0.4, 0.5) is 0 Å². The molecule has 8 nitrogen and oxygen atoms in total. The number of nitrogens with zero attached hydrogens (tertiary/aromatic N) is 1. The number of rotatable bonds is 28. The number of hydrogen-bond acceptors (Lipinski definition) is 5. The summed E-state index contributed by atoms with van der Waals surface area (Å²) in [4.78, 5) is 22.3. The normalized spacial score (nSPS) is 15.2. The van der Waals surface area contributed by atoms with Crippen molar-refractivity contribution >= 4 is 13.7 Å². The number of quaternary nitrogens is 1. The molecule has 0 heterocycles. The van der Waals surface area contributed by atoms with Gasteiger partial charge in [0.05, 0.1) is 39.9 Å². The van der Waals surface area contributed by atoms with E-state index in [9.17, 15) is 19.4 Å². The number of aliphatic hydroxyl groups is 1. The molecular formula is C30H64N2O6P+. The lowest BCUT2D eigenvalue weighted by Gasteiger charge is -2.26. The largest absolute Gasteiger partial charge is 0.472 e. The fraction of sp³-hybridized carbons (Fsp3) is 0.967. The molecule has 0 aliphatic carbocycles. The minimum absolute atomic E-state index is 0.0759. The van der Waals surface area contributed by atoms with Gasteiger partial charge in [-0.25, -0.2) is 4.57 Å². The quantitative estimate of drug-likeness (QED) is 0.0518. The van der Waals surface area contributed by atoms with E-state index in [1.807, 2.05) is 28.1 Å². The average molecular weight is 580 g/mol. The highest BCUT2D eigenvalue weighted by Gasteiger charge is 2.28. The van der Waals surface area contributed by atoms with Crippen molar-refractivity contribution in [1.29, 1.82) is 0 Å². The molecule has 0 spiro atoms. The van der Waals surface area contributed by atoms with Gasteiger partial charge in [0.2, 0.25) is 5.91 Å². The molecule has 0 saturated heterocycles. The monoisotopic (exact) mass is 579 g/mol. The summed E-state index contributed by atoms with van der Waals surface area (Å²) in [6, 6.07) is -0.747. The summed E-state index contributed by atoms with van der Waals surface area (Å²) >= 11 is 0. The van der Waals surface area contributed by atoms with Crippen molar-refractivity contribution in [3.8, 4) is 0 Å². The summed E-state index contributed by atoms with van der Waals surface area (Å²) in [7, 11) is 1.61. The molecular weight excluding hydrogens is 515 g/mol. The number of carbonyl (C=O) groups is 1. The molecule has 0 aromatic carbocycles. The fourth-order valence-electron chi connectivity index (χ4n) is 4.43. The van der Waals surface area contributed by atoms with E-state index in [1.54, 1.807) is 0 Å². The van der Waals surface area contributed by atoms with E-state index in [0.29, 0.717) is 23.9 Å². The first-order valence-electron chi connectivity index (χ1n) is 15.9. The number of hydrogen-bond donors (Lipinski definition) is 3. The van der Waals surface area contributed by atoms with Crippen LogP contribution in [0.25, 0.3) is 0 Å². The Kier molecular flexibility index (Phi) is 23.8. The van der Waals surface area contributed by atoms with E-state index in [4.69, 9.17) is 9.05 Å². The van der Waals surface area contributed by atoms with E-state index in [2.05, 4.69) is 12.2 Å². The van der Waals surface area contributed by atoms with Crippen LogP contribution in [0.5, 0.6) is 0 Å². The molecule has 0 fully saturated rings. The lowest BCUT2D eigenvalue weighted by molar-refractivity contribution is -0.870. The molecule has 3 atom stereocenters. The molecule has 0 aromatic rings. The third-order valence-corrected chi connectivity index (χ3v) is 8.09. The van der Waals surface area contributed by atoms with Crippen LogP contribution in [0.15, 0.2) is 0 Å². The maximum Gasteiger partial charge on any atom is 0.472 e. The van der Waals surface area contributed by atoms with Gasteiger partial charge in [0, 0.05) is 6.42 Å². The van der Waals surface area contributed by atoms with Crippen molar-refractivity contribution in [3.05, 3.63) is 0 Å². The van der Waals surface area contributed by atoms with Gasteiger partial charge >= 0.3 is 7.82 Å². The highest BCUT2D eigenvalue weighted by atomic mass is 31.2. The number of carbonyl (C=O) groups excluding carboxylic acids is 1. The van der Waals surface area contributed by atoms with E-state index in [-0.39, 0.29) is 19.1 Å². The molecule has 0 radical (unpaired) electrons. The number of likely N-dealkylation sites (N-methyl/N-ethyl adjacent to an activating group) is 1. The van der Waals surface area contributed by atoms with E-state index < -0.39 is 20.0 Å². The van der Waals surface area contributed by atoms with Gasteiger partial charge in [-0.15, -0.1) is 0 Å². The Morgan fingerprint density at radius 1 is 0.769 bits per heavy atom. The van der Waals surface area contributed by atoms with Crippen LogP contribution in [0.2, 0.25) is 0 Å². The van der Waals surface area contributed by atoms with Crippen molar-refractivity contribution in [1.82, 2.24) is 5.32 Å². The van der Waals surface area contributed by atoms with Crippen LogP contribution >= 0.6 is 7.82 Å². The number of unbranched alkanes of at least 4 members (excludes halogenated alkanes) is 15. The number of amides is 1. The van der Waals surface area contributed by atoms with Gasteiger partial charge < -0.3 is 19.8 Å². The van der Waals surface area contributed by atoms with Crippen molar-refractivity contribution in [3.63, 3.8) is 0 Å². The molecule has 0 aromatic heterocycles. The SMILES string of the molecule is CCCCCCCCCCCCCCCCCC(O)C(COP(=O)(O)OCC[N+](C)(C)C)NC(=O)CCCC. The standard InChI is InChI=1S/C30H63N2O6P/c1-6-8-10-11-12-13-14-15-16-17-18-19-20-21-22-23-29(33)28(31-30(34)24-9-7-2)27-38-39(35,36)37-26-25-32(3,4)5/h28-29,33H,6-27H2,1-5H3,(H-,31,34,35,36)/p+1. The zero-order valence-corrected chi connectivity index (χ0v) is 27.0. The Morgan fingerprint density at radius 3 is 1.69 bits per heavy atom. The van der Waals surface area contributed by atoms with Crippen molar-refractivity contribution in [2.75, 3.05) is 40.9 Å². The minimum atomic E-state index is -4.27. The second kappa shape index (κ2) is 24.1. The average Bonchev–Trinajstić information content (AvgIpc) is 2.86. The van der Waals surface area contributed by atoms with E-state index in [1.165, 1.54) is 77.0 Å². The molecule has 0 aliphatic rings. The summed E-state index contributed by atoms with van der Waals surface area (Å²) in [6.45, 7) is 4.63. The molecule has 3 unspecified atom stereocenters. The Labute approximate surface area is 240 Å². The second-order valence-electron chi connectivity index (χ2n) is 12.2. The van der Waals surface area contributed by atoms with E-state index in [0.717, 1.165) is 32.1 Å². The summed E-state index contributed by atoms with van der Waals surface area (Å²) in [5.74, 6) is -0.181. The smallest absolute Gasteiger partial charge is 0.391 e. The van der Waals surface area contributed by atoms with Crippen LogP contribution in [0, 0.1) is 0 Å². The fourth-order valence-corrected chi connectivity index (χ4v) is 5.17. The van der Waals surface area contributed by atoms with Gasteiger partial charge in [-0.05, 0) is 12.8 Å². The predicted octanol–water partition coefficient (Wildman–Crippen LogP) is 7.12. The summed E-state index contributed by atoms with van der Waals surface area (Å²) < 4.78 is 23.1. The lowest BCUT2D eigenvalue weighted by Crippen LogP contribution is -2.46. The molecule has 0 aliphatic heterocycles. The van der Waals surface area contributed by atoms with Crippen LogP contribution in [0.1, 0.15) is 136 Å². The third kappa shape index (κ3) is 26.2. The molecule has 0 saturated carbocycles. The predicted molar refractivity (Wildman–Crippen MR) is 162 cm³/mol. The molecule has 0 rings (SSSR count). The lowest BCUT2D eigenvalue weighted by atomic mass is 10.0. The van der Waals surface area contributed by atoms with Crippen LogP contribution in [-0.4, -0.2) is 73.4 Å². The van der Waals surface area contributed by atoms with Gasteiger partial charge in [0.25, 0.3) is 0 Å². The Morgan fingerprint density at radius 2 is 1.23 bits per heavy atom. The van der Waals surface area contributed by atoms with Crippen LogP contribution in [0.3, 0.4) is 0 Å². The number of nitrogens with one attached hydrogen (secondary N) is 1. The first-order valence-corrected chi connectivity index (χ1v) is 17.4. The number of aliphatic hydroxyl groups excluding tert-OH is 1. The first-order chi connectivity index (χ1) is 18.5. The van der Waals surface area contributed by atoms with Crippen LogP contribution in [-0.2, 0) is 18.4 Å². The maximum absolute atomic E-state index is 12.3. The zero-order valence-electron chi connectivity index (χ0n) is 26.1. The third-order valence-electron chi connectivity index (χ3n) is 7.11. The van der Waals surface area contributed by atoms with Gasteiger partial charge in [-0.1, -0.05) is 117 Å². The van der Waals surface area contributed by atoms with Gasteiger partial charge in [-0.3, -0.25) is 13.8 Å². The molecule has 9 heteroatoms. The highest BCUT2D eigenvalue weighted by Crippen LogP contribution is 2.43. The number of phosphoric acid groups is 1. The van der Waals surface area contributed by atoms with Crippen molar-refractivity contribution in [2.45, 2.75) is 148 Å². The minimum Gasteiger partial charge on any atom is -0.391 e. The highest BCUT2D eigenvalue weighted by molar-refractivity contribution is 7.47. The first kappa shape index (κ1) is 38.5. The Bertz CT molecular complexity index is 629. The van der Waals surface area contributed by atoms with Gasteiger partial charge in [-0.2, -0.15) is 0 Å². The van der Waals surface area contributed by atoms with Gasteiger partial charge in [0.15, 0.2) is 0 Å². The summed E-state index contributed by atoms with van der Waals surface area (Å²) in [6.07, 6.45) is 20.8. The maximum atomic E-state index is 12.3. The number of phosphoric ester groups is 1. The van der Waals surface area contributed by atoms with Crippen molar-refractivity contribution in [2.24, 2.45) is 0 Å². The second-order valence-corrected chi connectivity index (χ2v) is 13.6. The molecule has 3 N–H and O–H groups in total. The summed E-state index contributed by atoms with van der Waals surface area (Å²) in [5, 5.41) is 13.6. The van der Waals surface area contributed by atoms with Crippen molar-refractivity contribution < 1.29 is 32.9 Å². The van der Waals surface area contributed by atoms with E-state index >= 15 is 0 Å². The van der Waals surface area contributed by atoms with Gasteiger partial charge in [0.1, 0.15) is 13.2 Å². The molecule has 1 amide bonds. The summed E-state index contributed by atoms with van der Waals surface area (Å²) in [5.41, 5.74) is 0.